The van der Waals surface area contributed by atoms with Gasteiger partial charge in [-0.25, -0.2) is 0 Å². The zero-order valence-electron chi connectivity index (χ0n) is 11.8. The molecular formula is C16H23NO2. The van der Waals surface area contributed by atoms with Crippen molar-refractivity contribution in [2.45, 2.75) is 45.1 Å². The van der Waals surface area contributed by atoms with Gasteiger partial charge in [-0.15, -0.1) is 0 Å². The third kappa shape index (κ3) is 3.35. The van der Waals surface area contributed by atoms with Crippen molar-refractivity contribution in [1.29, 1.82) is 0 Å². The van der Waals surface area contributed by atoms with Crippen molar-refractivity contribution in [2.24, 2.45) is 11.7 Å². The number of nitrogens with two attached hydrogens (primary N) is 1. The fourth-order valence-corrected chi connectivity index (χ4v) is 2.92. The highest BCUT2D eigenvalue weighted by Gasteiger charge is 2.28. The zero-order valence-corrected chi connectivity index (χ0v) is 11.8. The quantitative estimate of drug-likeness (QED) is 0.906. The molecule has 1 aromatic carbocycles. The molecule has 19 heavy (non-hydrogen) atoms. The third-order valence-corrected chi connectivity index (χ3v) is 4.03. The van der Waals surface area contributed by atoms with E-state index in [2.05, 4.69) is 0 Å². The summed E-state index contributed by atoms with van der Waals surface area (Å²) in [5.41, 5.74) is 8.21. The van der Waals surface area contributed by atoms with Crippen molar-refractivity contribution in [1.82, 2.24) is 0 Å². The topological polar surface area (TPSA) is 52.3 Å². The van der Waals surface area contributed by atoms with Gasteiger partial charge in [-0.1, -0.05) is 30.5 Å². The van der Waals surface area contributed by atoms with Gasteiger partial charge in [0.15, 0.2) is 0 Å². The van der Waals surface area contributed by atoms with Crippen molar-refractivity contribution >= 4 is 5.78 Å². The number of ether oxygens (including phenoxy) is 1. The lowest BCUT2D eigenvalue weighted by Gasteiger charge is -2.27. The highest BCUT2D eigenvalue weighted by atomic mass is 16.5. The summed E-state index contributed by atoms with van der Waals surface area (Å²) in [5, 5.41) is 0. The molecule has 2 N–H and O–H groups in total. The molecule has 0 aliphatic heterocycles. The van der Waals surface area contributed by atoms with Crippen LogP contribution in [0.25, 0.3) is 0 Å². The molecule has 1 aliphatic carbocycles. The minimum absolute atomic E-state index is 0.0268. The number of hydrogen-bond acceptors (Lipinski definition) is 3. The number of methoxy groups -OCH3 is 1. The summed E-state index contributed by atoms with van der Waals surface area (Å²) in [4.78, 5) is 12.4. The maximum Gasteiger partial charge on any atom is 0.142 e. The second kappa shape index (κ2) is 6.20. The minimum Gasteiger partial charge on any atom is -0.496 e. The number of aryl methyl sites for hydroxylation is 1. The lowest BCUT2D eigenvalue weighted by atomic mass is 9.80. The summed E-state index contributed by atoms with van der Waals surface area (Å²) in [6.45, 7) is 2.03. The van der Waals surface area contributed by atoms with Gasteiger partial charge in [0.2, 0.25) is 0 Å². The smallest absolute Gasteiger partial charge is 0.142 e. The molecule has 1 aromatic rings. The van der Waals surface area contributed by atoms with Gasteiger partial charge in [0.25, 0.3) is 0 Å². The van der Waals surface area contributed by atoms with Gasteiger partial charge in [0, 0.05) is 23.9 Å². The van der Waals surface area contributed by atoms with E-state index < -0.39 is 0 Å². The van der Waals surface area contributed by atoms with E-state index in [0.29, 0.717) is 6.42 Å². The molecule has 1 saturated carbocycles. The highest BCUT2D eigenvalue weighted by Crippen LogP contribution is 2.27. The molecule has 0 spiro atoms. The van der Waals surface area contributed by atoms with Crippen LogP contribution in [0.1, 0.15) is 36.8 Å². The predicted octanol–water partition coefficient (Wildman–Crippen LogP) is 2.63. The fourth-order valence-electron chi connectivity index (χ4n) is 2.92. The number of rotatable bonds is 4. The van der Waals surface area contributed by atoms with Crippen LogP contribution >= 0.6 is 0 Å². The Hall–Kier alpha value is -1.35. The van der Waals surface area contributed by atoms with E-state index >= 15 is 0 Å². The molecule has 2 unspecified atom stereocenters. The maximum absolute atomic E-state index is 12.4. The van der Waals surface area contributed by atoms with E-state index in [0.717, 1.165) is 42.6 Å². The zero-order chi connectivity index (χ0) is 13.8. The van der Waals surface area contributed by atoms with Crippen molar-refractivity contribution in [2.75, 3.05) is 7.11 Å². The van der Waals surface area contributed by atoms with Gasteiger partial charge in [0.1, 0.15) is 11.5 Å². The normalized spacial score (nSPS) is 23.1. The van der Waals surface area contributed by atoms with Crippen molar-refractivity contribution < 1.29 is 9.53 Å². The summed E-state index contributed by atoms with van der Waals surface area (Å²) in [6, 6.07) is 6.00. The van der Waals surface area contributed by atoms with Crippen LogP contribution in [0.2, 0.25) is 0 Å². The minimum atomic E-state index is 0.0268. The molecule has 0 saturated heterocycles. The summed E-state index contributed by atoms with van der Waals surface area (Å²) in [6.07, 6.45) is 4.62. The number of carbonyl (C=O) groups excluding carboxylic acids is 1. The van der Waals surface area contributed by atoms with Crippen molar-refractivity contribution in [3.8, 4) is 5.75 Å². The number of ketones is 1. The van der Waals surface area contributed by atoms with Crippen LogP contribution < -0.4 is 10.5 Å². The van der Waals surface area contributed by atoms with Gasteiger partial charge in [0.05, 0.1) is 7.11 Å². The first kappa shape index (κ1) is 14.1. The van der Waals surface area contributed by atoms with Crippen LogP contribution in [-0.4, -0.2) is 18.9 Å². The average Bonchev–Trinajstić information content (AvgIpc) is 2.39. The number of carbonyl (C=O) groups is 1. The Morgan fingerprint density at radius 3 is 2.79 bits per heavy atom. The van der Waals surface area contributed by atoms with Crippen LogP contribution in [0.15, 0.2) is 18.2 Å². The van der Waals surface area contributed by atoms with Crippen LogP contribution in [0.3, 0.4) is 0 Å². The molecule has 0 amide bonds. The van der Waals surface area contributed by atoms with E-state index in [9.17, 15) is 4.79 Å². The van der Waals surface area contributed by atoms with Crippen molar-refractivity contribution in [3.63, 3.8) is 0 Å². The van der Waals surface area contributed by atoms with E-state index in [1.807, 2.05) is 25.1 Å². The molecule has 0 aromatic heterocycles. The molecule has 3 heteroatoms. The molecular weight excluding hydrogens is 238 g/mol. The Labute approximate surface area is 115 Å². The molecule has 104 valence electrons. The Bertz CT molecular complexity index is 456. The summed E-state index contributed by atoms with van der Waals surface area (Å²) < 4.78 is 5.33. The molecule has 0 bridgehead atoms. The second-order valence-corrected chi connectivity index (χ2v) is 5.51. The van der Waals surface area contributed by atoms with Gasteiger partial charge < -0.3 is 10.5 Å². The Morgan fingerprint density at radius 2 is 2.11 bits per heavy atom. The highest BCUT2D eigenvalue weighted by molar-refractivity contribution is 5.84. The SMILES string of the molecule is COc1ccc(C)cc1CC(=O)C1CCCCC1N. The van der Waals surface area contributed by atoms with E-state index in [1.165, 1.54) is 0 Å². The molecule has 0 radical (unpaired) electrons. The molecule has 2 atom stereocenters. The fraction of sp³-hybridized carbons (Fsp3) is 0.562. The van der Waals surface area contributed by atoms with Gasteiger partial charge in [-0.3, -0.25) is 4.79 Å². The van der Waals surface area contributed by atoms with Crippen LogP contribution in [0, 0.1) is 12.8 Å². The average molecular weight is 261 g/mol. The molecule has 1 fully saturated rings. The first-order valence-electron chi connectivity index (χ1n) is 7.03. The summed E-state index contributed by atoms with van der Waals surface area (Å²) in [7, 11) is 1.64. The predicted molar refractivity (Wildman–Crippen MR) is 76.4 cm³/mol. The number of Topliss-reactive ketones (excluding diaryl/α,β-unsaturated/α-hetero) is 1. The van der Waals surface area contributed by atoms with Gasteiger partial charge in [-0.05, 0) is 25.8 Å². The largest absolute Gasteiger partial charge is 0.496 e. The van der Waals surface area contributed by atoms with Crippen LogP contribution in [0.4, 0.5) is 0 Å². The molecule has 0 heterocycles. The van der Waals surface area contributed by atoms with Gasteiger partial charge in [-0.2, -0.15) is 0 Å². The Kier molecular flexibility index (Phi) is 4.59. The lowest BCUT2D eigenvalue weighted by molar-refractivity contribution is -0.123. The molecule has 3 nitrogen and oxygen atoms in total. The Balaban J connectivity index is 2.11. The van der Waals surface area contributed by atoms with Crippen molar-refractivity contribution in [3.05, 3.63) is 29.3 Å². The second-order valence-electron chi connectivity index (χ2n) is 5.51. The maximum atomic E-state index is 12.4. The monoisotopic (exact) mass is 261 g/mol. The van der Waals surface area contributed by atoms with Gasteiger partial charge >= 0.3 is 0 Å². The summed E-state index contributed by atoms with van der Waals surface area (Å²) in [5.74, 6) is 1.08. The van der Waals surface area contributed by atoms with E-state index in [-0.39, 0.29) is 17.7 Å². The third-order valence-electron chi connectivity index (χ3n) is 4.03. The number of hydrogen-bond donors (Lipinski definition) is 1. The van der Waals surface area contributed by atoms with E-state index in [4.69, 9.17) is 10.5 Å². The molecule has 2 rings (SSSR count). The lowest BCUT2D eigenvalue weighted by Crippen LogP contribution is -2.38. The van der Waals surface area contributed by atoms with E-state index in [1.54, 1.807) is 7.11 Å². The van der Waals surface area contributed by atoms with Crippen LogP contribution in [-0.2, 0) is 11.2 Å². The van der Waals surface area contributed by atoms with Crippen LogP contribution in [0.5, 0.6) is 5.75 Å². The number of benzene rings is 1. The summed E-state index contributed by atoms with van der Waals surface area (Å²) >= 11 is 0. The standard InChI is InChI=1S/C16H23NO2/c1-11-7-8-16(19-2)12(9-11)10-15(18)13-5-3-4-6-14(13)17/h7-9,13-14H,3-6,10,17H2,1-2H3. The first-order valence-corrected chi connectivity index (χ1v) is 7.03. The Morgan fingerprint density at radius 1 is 1.37 bits per heavy atom. The molecule has 1 aliphatic rings. The first-order chi connectivity index (χ1) is 9.11.